The normalized spacial score (nSPS) is 13.2. The van der Waals surface area contributed by atoms with Crippen LogP contribution in [0, 0.1) is 0 Å². The van der Waals surface area contributed by atoms with Gasteiger partial charge in [-0.15, -0.1) is 0 Å². The van der Waals surface area contributed by atoms with E-state index in [1.807, 2.05) is 18.2 Å². The van der Waals surface area contributed by atoms with E-state index in [0.29, 0.717) is 19.3 Å². The number of carbonyl (C=O) groups excluding carboxylic acids is 3. The van der Waals surface area contributed by atoms with Crippen LogP contribution in [0.3, 0.4) is 0 Å². The minimum atomic E-state index is -0.866. The Kier molecular flexibility index (Phi) is 61.4. The van der Waals surface area contributed by atoms with Gasteiger partial charge in [0.25, 0.3) is 0 Å². The third-order valence-corrected chi connectivity index (χ3v) is 13.1. The van der Waals surface area contributed by atoms with E-state index < -0.39 is 12.1 Å². The molecule has 6 nitrogen and oxygen atoms in total. The van der Waals surface area contributed by atoms with Crippen molar-refractivity contribution < 1.29 is 28.6 Å². The Morgan fingerprint density at radius 1 is 0.266 bits per heavy atom. The van der Waals surface area contributed by atoms with Crippen molar-refractivity contribution in [3.8, 4) is 0 Å². The Morgan fingerprint density at radius 3 is 0.848 bits per heavy atom. The number of unbranched alkanes of at least 4 members (excludes halogenated alkanes) is 20. The second-order valence-corrected chi connectivity index (χ2v) is 20.5. The summed E-state index contributed by atoms with van der Waals surface area (Å²) in [5.74, 6) is -1.16. The molecule has 0 N–H and O–H groups in total. The van der Waals surface area contributed by atoms with Gasteiger partial charge in [0.05, 0.1) is 6.42 Å². The number of allylic oxidation sites excluding steroid dienone is 25. The van der Waals surface area contributed by atoms with Gasteiger partial charge in [-0.1, -0.05) is 294 Å². The smallest absolute Gasteiger partial charge is 0.310 e. The van der Waals surface area contributed by atoms with Gasteiger partial charge in [-0.25, -0.2) is 0 Å². The highest BCUT2D eigenvalue weighted by Crippen LogP contribution is 2.16. The largest absolute Gasteiger partial charge is 0.462 e. The molecule has 0 bridgehead atoms. The highest BCUT2D eigenvalue weighted by Gasteiger charge is 2.19. The molecule has 0 heterocycles. The van der Waals surface area contributed by atoms with E-state index in [0.717, 1.165) is 96.3 Å². The van der Waals surface area contributed by atoms with Crippen molar-refractivity contribution in [3.05, 3.63) is 158 Å². The first-order valence-corrected chi connectivity index (χ1v) is 32.0. The fourth-order valence-electron chi connectivity index (χ4n) is 8.41. The number of carbonyl (C=O) groups is 3. The van der Waals surface area contributed by atoms with Crippen LogP contribution < -0.4 is 0 Å². The van der Waals surface area contributed by atoms with Crippen LogP contribution in [0.1, 0.15) is 265 Å². The van der Waals surface area contributed by atoms with Gasteiger partial charge in [0.15, 0.2) is 6.10 Å². The second kappa shape index (κ2) is 65.5. The molecule has 0 spiro atoms. The molecule has 0 radical (unpaired) electrons. The van der Waals surface area contributed by atoms with Crippen LogP contribution in [0.4, 0.5) is 0 Å². The number of esters is 3. The van der Waals surface area contributed by atoms with Crippen molar-refractivity contribution in [2.24, 2.45) is 0 Å². The second-order valence-electron chi connectivity index (χ2n) is 20.5. The van der Waals surface area contributed by atoms with Crippen LogP contribution in [0.25, 0.3) is 0 Å². The molecule has 0 aliphatic carbocycles. The van der Waals surface area contributed by atoms with Gasteiger partial charge in [-0.3, -0.25) is 14.4 Å². The average molecular weight is 1090 g/mol. The van der Waals surface area contributed by atoms with Crippen molar-refractivity contribution in [1.82, 2.24) is 0 Å². The number of ether oxygens (including phenoxy) is 3. The zero-order valence-corrected chi connectivity index (χ0v) is 50.8. The maximum Gasteiger partial charge on any atom is 0.310 e. The maximum absolute atomic E-state index is 12.8. The summed E-state index contributed by atoms with van der Waals surface area (Å²) in [6, 6.07) is 0. The Bertz CT molecular complexity index is 1780. The molecule has 0 aliphatic rings. The zero-order chi connectivity index (χ0) is 57.1. The van der Waals surface area contributed by atoms with Gasteiger partial charge >= 0.3 is 17.9 Å². The lowest BCUT2D eigenvalue weighted by Crippen LogP contribution is -2.30. The summed E-state index contributed by atoms with van der Waals surface area (Å²) in [6.07, 6.45) is 96.1. The third-order valence-electron chi connectivity index (χ3n) is 13.1. The van der Waals surface area contributed by atoms with Crippen LogP contribution in [0.5, 0.6) is 0 Å². The van der Waals surface area contributed by atoms with Crippen molar-refractivity contribution in [2.75, 3.05) is 13.2 Å². The number of rotatable bonds is 56. The van der Waals surface area contributed by atoms with Gasteiger partial charge in [0, 0.05) is 12.8 Å². The fourth-order valence-corrected chi connectivity index (χ4v) is 8.41. The van der Waals surface area contributed by atoms with Gasteiger partial charge < -0.3 is 14.2 Å². The molecular weight excluding hydrogens is 973 g/mol. The number of hydrogen-bond acceptors (Lipinski definition) is 6. The van der Waals surface area contributed by atoms with E-state index in [9.17, 15) is 14.4 Å². The molecule has 6 heteroatoms. The topological polar surface area (TPSA) is 78.9 Å². The highest BCUT2D eigenvalue weighted by molar-refractivity contribution is 5.72. The Hall–Kier alpha value is -4.97. The predicted octanol–water partition coefficient (Wildman–Crippen LogP) is 22.1. The first-order chi connectivity index (χ1) is 39.0. The van der Waals surface area contributed by atoms with Gasteiger partial charge in [-0.2, -0.15) is 0 Å². The maximum atomic E-state index is 12.8. The summed E-state index contributed by atoms with van der Waals surface area (Å²) in [5.41, 5.74) is 0. The van der Waals surface area contributed by atoms with Gasteiger partial charge in [-0.05, 0) is 109 Å². The minimum Gasteiger partial charge on any atom is -0.462 e. The standard InChI is InChI=1S/C73H116O6/c1-4-7-10-13-16-19-22-25-27-28-29-30-31-32-33-34-35-36-37-38-39-40-41-42-43-44-46-48-51-54-57-60-63-66-72(75)78-69-70(68-77-71(74)65-62-59-56-53-50-47-24-21-18-15-12-9-6-3)79-73(76)67-64-61-58-55-52-49-45-26-23-20-17-14-11-8-5-2/h7-12,16-21,25-27,29-30,45,47,50,52,55-56,59,61,64,70H,4-6,13-15,22-24,28,31-44,46,48-49,51,53-54,57-58,60,62-63,65-69H2,1-3H3/b10-7-,11-8-,12-9-,19-16-,20-17-,21-18-,27-25-,30-29-,45-26-,50-47-,55-52-,59-56-,64-61-. The number of hydrogen-bond donors (Lipinski definition) is 0. The van der Waals surface area contributed by atoms with E-state index in [1.54, 1.807) is 6.08 Å². The molecule has 0 aromatic rings. The lowest BCUT2D eigenvalue weighted by molar-refractivity contribution is -0.166. The first kappa shape index (κ1) is 74.0. The molecule has 1 atom stereocenters. The molecule has 79 heavy (non-hydrogen) atoms. The summed E-state index contributed by atoms with van der Waals surface area (Å²) in [5, 5.41) is 0. The van der Waals surface area contributed by atoms with Crippen molar-refractivity contribution in [3.63, 3.8) is 0 Å². The van der Waals surface area contributed by atoms with Crippen molar-refractivity contribution >= 4 is 17.9 Å². The summed E-state index contributed by atoms with van der Waals surface area (Å²) in [6.45, 7) is 6.15. The monoisotopic (exact) mass is 1090 g/mol. The van der Waals surface area contributed by atoms with Crippen LogP contribution in [0.15, 0.2) is 158 Å². The molecule has 444 valence electrons. The summed E-state index contributed by atoms with van der Waals surface area (Å²) >= 11 is 0. The lowest BCUT2D eigenvalue weighted by Gasteiger charge is -2.18. The van der Waals surface area contributed by atoms with E-state index in [-0.39, 0.29) is 38.0 Å². The molecule has 1 unspecified atom stereocenters. The molecule has 0 rings (SSSR count). The fraction of sp³-hybridized carbons (Fsp3) is 0.603. The van der Waals surface area contributed by atoms with Crippen molar-refractivity contribution in [1.29, 1.82) is 0 Å². The SMILES string of the molecule is CC/C=C\C/C=C\C/C=C\C/C=C\C/C=C\CC(=O)OC(COC(=O)CC/C=C\C/C=C\C/C=C\C/C=C\CC)COC(=O)CCCCCCCCCCCCCCCCCCCCCC/C=C\C/C=C\C/C=C\C/C=C\CC. The van der Waals surface area contributed by atoms with Crippen molar-refractivity contribution in [2.45, 2.75) is 271 Å². The van der Waals surface area contributed by atoms with Crippen LogP contribution in [-0.2, 0) is 28.6 Å². The van der Waals surface area contributed by atoms with E-state index >= 15 is 0 Å². The zero-order valence-electron chi connectivity index (χ0n) is 50.8. The quantitative estimate of drug-likeness (QED) is 0.0261. The summed E-state index contributed by atoms with van der Waals surface area (Å²) in [7, 11) is 0. The highest BCUT2D eigenvalue weighted by atomic mass is 16.6. The summed E-state index contributed by atoms with van der Waals surface area (Å²) < 4.78 is 16.7. The lowest BCUT2D eigenvalue weighted by atomic mass is 10.0. The molecule has 0 aromatic carbocycles. The van der Waals surface area contributed by atoms with E-state index in [2.05, 4.69) is 154 Å². The Labute approximate surface area is 486 Å². The molecule has 0 aliphatic heterocycles. The minimum absolute atomic E-state index is 0.0775. The van der Waals surface area contributed by atoms with E-state index in [1.165, 1.54) is 116 Å². The third kappa shape index (κ3) is 63.7. The van der Waals surface area contributed by atoms with E-state index in [4.69, 9.17) is 14.2 Å². The van der Waals surface area contributed by atoms with Gasteiger partial charge in [0.2, 0.25) is 0 Å². The summed E-state index contributed by atoms with van der Waals surface area (Å²) in [4.78, 5) is 38.1. The van der Waals surface area contributed by atoms with Gasteiger partial charge in [0.1, 0.15) is 13.2 Å². The Balaban J connectivity index is 4.25. The molecular formula is C73H116O6. The molecule has 0 fully saturated rings. The first-order valence-electron chi connectivity index (χ1n) is 32.0. The average Bonchev–Trinajstić information content (AvgIpc) is 3.45. The van der Waals surface area contributed by atoms with Crippen LogP contribution >= 0.6 is 0 Å². The van der Waals surface area contributed by atoms with Crippen LogP contribution in [-0.4, -0.2) is 37.2 Å². The molecule has 0 aromatic heterocycles. The molecule has 0 saturated carbocycles. The molecule has 0 amide bonds. The Morgan fingerprint density at radius 2 is 0.519 bits per heavy atom. The predicted molar refractivity (Wildman–Crippen MR) is 343 cm³/mol. The molecule has 0 saturated heterocycles. The van der Waals surface area contributed by atoms with Crippen LogP contribution in [0.2, 0.25) is 0 Å².